The van der Waals surface area contributed by atoms with E-state index in [2.05, 4.69) is 0 Å². The van der Waals surface area contributed by atoms with Crippen molar-refractivity contribution < 1.29 is 13.2 Å². The van der Waals surface area contributed by atoms with E-state index >= 15 is 0 Å². The Morgan fingerprint density at radius 1 is 1.15 bits per heavy atom. The van der Waals surface area contributed by atoms with E-state index in [4.69, 9.17) is 0 Å². The summed E-state index contributed by atoms with van der Waals surface area (Å²) < 4.78 is 25.9. The molecule has 0 spiro atoms. The fourth-order valence-corrected chi connectivity index (χ4v) is 4.27. The number of sulfonamides is 1. The minimum absolute atomic E-state index is 0.0149. The summed E-state index contributed by atoms with van der Waals surface area (Å²) in [6, 6.07) is 13.2. The summed E-state index contributed by atoms with van der Waals surface area (Å²) in [4.78, 5) is 14.7. The van der Waals surface area contributed by atoms with E-state index in [9.17, 15) is 13.2 Å². The van der Waals surface area contributed by atoms with Crippen molar-refractivity contribution in [2.75, 3.05) is 22.0 Å². The number of anilines is 2. The zero-order valence-corrected chi connectivity index (χ0v) is 16.4. The molecule has 0 aromatic heterocycles. The molecule has 2 aromatic rings. The van der Waals surface area contributed by atoms with Gasteiger partial charge in [-0.3, -0.25) is 9.10 Å². The van der Waals surface area contributed by atoms with Crippen molar-refractivity contribution >= 4 is 27.3 Å². The van der Waals surface area contributed by atoms with Crippen LogP contribution in [0, 0.1) is 13.8 Å². The molecule has 0 radical (unpaired) electrons. The van der Waals surface area contributed by atoms with Crippen molar-refractivity contribution in [3.63, 3.8) is 0 Å². The summed E-state index contributed by atoms with van der Waals surface area (Å²) >= 11 is 0. The van der Waals surface area contributed by atoms with Gasteiger partial charge in [-0.1, -0.05) is 24.3 Å². The molecule has 138 valence electrons. The van der Waals surface area contributed by atoms with Crippen LogP contribution < -0.4 is 9.21 Å². The third kappa shape index (κ3) is 3.46. The molecule has 1 heterocycles. The van der Waals surface area contributed by atoms with Crippen LogP contribution in [0.2, 0.25) is 0 Å². The smallest absolute Gasteiger partial charge is 0.248 e. The number of rotatable bonds is 4. The Kier molecular flexibility index (Phi) is 4.80. The molecule has 26 heavy (non-hydrogen) atoms. The highest BCUT2D eigenvalue weighted by Crippen LogP contribution is 2.32. The maximum atomic E-state index is 13.0. The standard InChI is InChI=1S/C20H24N2O3S/c1-14-9-10-18(11-15(14)2)21(26(4,24)25)13-20(23)22-16(3)12-17-7-5-6-8-19(17)22/h5-11,16H,12-13H2,1-4H3. The van der Waals surface area contributed by atoms with Gasteiger partial charge in [-0.2, -0.15) is 0 Å². The number of para-hydroxylation sites is 1. The van der Waals surface area contributed by atoms with Gasteiger partial charge in [-0.05, 0) is 62.1 Å². The normalized spacial score (nSPS) is 16.5. The largest absolute Gasteiger partial charge is 0.307 e. The molecule has 0 saturated heterocycles. The highest BCUT2D eigenvalue weighted by Gasteiger charge is 2.33. The van der Waals surface area contributed by atoms with Crippen molar-refractivity contribution in [3.8, 4) is 0 Å². The predicted octanol–water partition coefficient (Wildman–Crippen LogP) is 3.05. The monoisotopic (exact) mass is 372 g/mol. The van der Waals surface area contributed by atoms with Crippen molar-refractivity contribution in [3.05, 3.63) is 59.2 Å². The minimum Gasteiger partial charge on any atom is -0.307 e. The molecule has 1 aliphatic heterocycles. The molecule has 1 atom stereocenters. The third-order valence-electron chi connectivity index (χ3n) is 4.93. The summed E-state index contributed by atoms with van der Waals surface area (Å²) in [7, 11) is -3.58. The van der Waals surface area contributed by atoms with Crippen molar-refractivity contribution in [2.24, 2.45) is 0 Å². The summed E-state index contributed by atoms with van der Waals surface area (Å²) in [5.41, 5.74) is 4.58. The number of nitrogens with zero attached hydrogens (tertiary/aromatic N) is 2. The van der Waals surface area contributed by atoms with E-state index < -0.39 is 10.0 Å². The van der Waals surface area contributed by atoms with Crippen LogP contribution in [0.25, 0.3) is 0 Å². The molecule has 0 aliphatic carbocycles. The topological polar surface area (TPSA) is 57.7 Å². The van der Waals surface area contributed by atoms with E-state index in [1.165, 1.54) is 4.31 Å². The lowest BCUT2D eigenvalue weighted by Gasteiger charge is -2.28. The van der Waals surface area contributed by atoms with E-state index in [0.29, 0.717) is 5.69 Å². The highest BCUT2D eigenvalue weighted by atomic mass is 32.2. The van der Waals surface area contributed by atoms with E-state index in [1.54, 1.807) is 11.0 Å². The molecular formula is C20H24N2O3S. The maximum absolute atomic E-state index is 13.0. The van der Waals surface area contributed by atoms with Crippen LogP contribution in [-0.2, 0) is 21.2 Å². The SMILES string of the molecule is Cc1ccc(N(CC(=O)N2c3ccccc3CC2C)S(C)(=O)=O)cc1C. The van der Waals surface area contributed by atoms with Gasteiger partial charge in [0.25, 0.3) is 0 Å². The second kappa shape index (κ2) is 6.76. The molecular weight excluding hydrogens is 348 g/mol. The molecule has 6 heteroatoms. The van der Waals surface area contributed by atoms with Gasteiger partial charge in [0.1, 0.15) is 6.54 Å². The Morgan fingerprint density at radius 2 is 1.85 bits per heavy atom. The second-order valence-corrected chi connectivity index (χ2v) is 8.89. The van der Waals surface area contributed by atoms with Gasteiger partial charge in [0, 0.05) is 11.7 Å². The molecule has 2 aromatic carbocycles. The second-order valence-electron chi connectivity index (χ2n) is 6.98. The van der Waals surface area contributed by atoms with E-state index in [-0.39, 0.29) is 18.5 Å². The van der Waals surface area contributed by atoms with Crippen LogP contribution in [0.5, 0.6) is 0 Å². The molecule has 0 fully saturated rings. The number of hydrogen-bond donors (Lipinski definition) is 0. The number of benzene rings is 2. The average molecular weight is 372 g/mol. The molecule has 1 amide bonds. The molecule has 5 nitrogen and oxygen atoms in total. The van der Waals surface area contributed by atoms with Crippen molar-refractivity contribution in [1.82, 2.24) is 0 Å². The van der Waals surface area contributed by atoms with Gasteiger partial charge in [0.05, 0.1) is 11.9 Å². The first-order valence-corrected chi connectivity index (χ1v) is 10.5. The van der Waals surface area contributed by atoms with E-state index in [0.717, 1.165) is 35.1 Å². The van der Waals surface area contributed by atoms with Gasteiger partial charge in [0.15, 0.2) is 0 Å². The van der Waals surface area contributed by atoms with Gasteiger partial charge in [-0.25, -0.2) is 8.42 Å². The fourth-order valence-electron chi connectivity index (χ4n) is 3.43. The van der Waals surface area contributed by atoms with Crippen LogP contribution in [0.1, 0.15) is 23.6 Å². The summed E-state index contributed by atoms with van der Waals surface area (Å²) in [5.74, 6) is -0.217. The third-order valence-corrected chi connectivity index (χ3v) is 6.07. The molecule has 0 saturated carbocycles. The lowest BCUT2D eigenvalue weighted by Crippen LogP contribution is -2.45. The van der Waals surface area contributed by atoms with Crippen LogP contribution in [0.3, 0.4) is 0 Å². The quantitative estimate of drug-likeness (QED) is 0.829. The maximum Gasteiger partial charge on any atom is 0.248 e. The lowest BCUT2D eigenvalue weighted by atomic mass is 10.1. The molecule has 1 unspecified atom stereocenters. The number of fused-ring (bicyclic) bond motifs is 1. The van der Waals surface area contributed by atoms with Crippen molar-refractivity contribution in [1.29, 1.82) is 0 Å². The highest BCUT2D eigenvalue weighted by molar-refractivity contribution is 7.92. The van der Waals surface area contributed by atoms with Crippen LogP contribution in [-0.4, -0.2) is 33.2 Å². The summed E-state index contributed by atoms with van der Waals surface area (Å²) in [6.07, 6.45) is 1.92. The summed E-state index contributed by atoms with van der Waals surface area (Å²) in [5, 5.41) is 0. The zero-order chi connectivity index (χ0) is 19.1. The van der Waals surface area contributed by atoms with Crippen LogP contribution in [0.4, 0.5) is 11.4 Å². The Labute approximate surface area is 155 Å². The number of carbonyl (C=O) groups is 1. The number of amides is 1. The number of aryl methyl sites for hydroxylation is 2. The average Bonchev–Trinajstić information content (AvgIpc) is 2.90. The van der Waals surface area contributed by atoms with Crippen LogP contribution in [0.15, 0.2) is 42.5 Å². The van der Waals surface area contributed by atoms with Gasteiger partial charge >= 0.3 is 0 Å². The van der Waals surface area contributed by atoms with Crippen molar-refractivity contribution in [2.45, 2.75) is 33.2 Å². The molecule has 0 N–H and O–H groups in total. The molecule has 3 rings (SSSR count). The van der Waals surface area contributed by atoms with E-state index in [1.807, 2.05) is 57.2 Å². The fraction of sp³-hybridized carbons (Fsp3) is 0.350. The first-order chi connectivity index (χ1) is 12.2. The Morgan fingerprint density at radius 3 is 2.50 bits per heavy atom. The number of carbonyl (C=O) groups excluding carboxylic acids is 1. The minimum atomic E-state index is -3.58. The summed E-state index contributed by atoms with van der Waals surface area (Å²) in [6.45, 7) is 5.68. The zero-order valence-electron chi connectivity index (χ0n) is 15.6. The Hall–Kier alpha value is -2.34. The molecule has 0 bridgehead atoms. The Bertz CT molecular complexity index is 953. The van der Waals surface area contributed by atoms with Gasteiger partial charge < -0.3 is 4.90 Å². The first kappa shape index (κ1) is 18.5. The van der Waals surface area contributed by atoms with Crippen LogP contribution >= 0.6 is 0 Å². The van der Waals surface area contributed by atoms with Gasteiger partial charge in [0.2, 0.25) is 15.9 Å². The van der Waals surface area contributed by atoms with Gasteiger partial charge in [-0.15, -0.1) is 0 Å². The number of hydrogen-bond acceptors (Lipinski definition) is 3. The molecule has 1 aliphatic rings. The Balaban J connectivity index is 1.93. The lowest BCUT2D eigenvalue weighted by molar-refractivity contribution is -0.117. The first-order valence-electron chi connectivity index (χ1n) is 8.63. The predicted molar refractivity (Wildman–Crippen MR) is 105 cm³/mol.